The van der Waals surface area contributed by atoms with Crippen molar-refractivity contribution < 1.29 is 9.90 Å². The van der Waals surface area contributed by atoms with E-state index in [4.69, 9.17) is 5.11 Å². The molecule has 138 valence electrons. The maximum atomic E-state index is 13.3. The first-order valence-corrected chi connectivity index (χ1v) is 8.99. The minimum Gasteiger partial charge on any atom is -0.395 e. The molecule has 6 nitrogen and oxygen atoms in total. The molecule has 0 atom stereocenters. The van der Waals surface area contributed by atoms with Crippen molar-refractivity contribution in [3.8, 4) is 11.1 Å². The number of aromatic nitrogens is 1. The number of aliphatic hydroxyl groups is 1. The van der Waals surface area contributed by atoms with Crippen molar-refractivity contribution in [1.29, 1.82) is 0 Å². The number of carbonyl (C=O) groups excluding carboxylic acids is 1. The third-order valence-electron chi connectivity index (χ3n) is 5.01. The van der Waals surface area contributed by atoms with Gasteiger partial charge in [0.15, 0.2) is 5.78 Å². The van der Waals surface area contributed by atoms with Gasteiger partial charge in [0.2, 0.25) is 0 Å². The van der Waals surface area contributed by atoms with Crippen molar-refractivity contribution in [1.82, 2.24) is 9.88 Å². The largest absolute Gasteiger partial charge is 0.395 e. The van der Waals surface area contributed by atoms with Crippen molar-refractivity contribution in [2.75, 3.05) is 31.6 Å². The van der Waals surface area contributed by atoms with Crippen molar-refractivity contribution in [3.63, 3.8) is 0 Å². The highest BCUT2D eigenvalue weighted by Gasteiger charge is 2.28. The Labute approximate surface area is 156 Å². The van der Waals surface area contributed by atoms with Crippen LogP contribution in [0, 0.1) is 0 Å². The number of carbonyl (C=O) groups is 1. The summed E-state index contributed by atoms with van der Waals surface area (Å²) in [4.78, 5) is 25.7. The molecule has 0 radical (unpaired) electrons. The number of rotatable bonds is 6. The Hall–Kier alpha value is -2.96. The van der Waals surface area contributed by atoms with E-state index in [0.717, 1.165) is 27.7 Å². The fourth-order valence-electron chi connectivity index (χ4n) is 3.69. The lowest BCUT2D eigenvalue weighted by Gasteiger charge is -2.23. The molecular formula is C21H21N3O3. The number of nitrogens with one attached hydrogen (secondary N) is 2. The normalized spacial score (nSPS) is 12.3. The van der Waals surface area contributed by atoms with Gasteiger partial charge in [-0.3, -0.25) is 9.59 Å². The Morgan fingerprint density at radius 2 is 1.74 bits per heavy atom. The lowest BCUT2D eigenvalue weighted by atomic mass is 9.83. The molecule has 0 unspecified atom stereocenters. The number of nitrogens with zero attached hydrogens (tertiary/aromatic N) is 1. The second kappa shape index (κ2) is 6.98. The molecule has 1 aliphatic carbocycles. The van der Waals surface area contributed by atoms with Gasteiger partial charge in [0.25, 0.3) is 5.56 Å². The highest BCUT2D eigenvalue weighted by molar-refractivity contribution is 6.28. The summed E-state index contributed by atoms with van der Waals surface area (Å²) in [6.45, 7) is 1.91. The van der Waals surface area contributed by atoms with Crippen LogP contribution in [0.5, 0.6) is 0 Å². The summed E-state index contributed by atoms with van der Waals surface area (Å²) >= 11 is 0. The average molecular weight is 363 g/mol. The van der Waals surface area contributed by atoms with Crippen molar-refractivity contribution >= 4 is 22.4 Å². The zero-order chi connectivity index (χ0) is 19.0. The van der Waals surface area contributed by atoms with Gasteiger partial charge in [0.1, 0.15) is 0 Å². The van der Waals surface area contributed by atoms with Crippen LogP contribution in [0.25, 0.3) is 22.0 Å². The Morgan fingerprint density at radius 3 is 2.52 bits per heavy atom. The molecule has 0 bridgehead atoms. The summed E-state index contributed by atoms with van der Waals surface area (Å²) in [7, 11) is 1.72. The van der Waals surface area contributed by atoms with Gasteiger partial charge >= 0.3 is 0 Å². The topological polar surface area (TPSA) is 83.4 Å². The fourth-order valence-corrected chi connectivity index (χ4v) is 3.69. The maximum Gasteiger partial charge on any atom is 0.251 e. The van der Waals surface area contributed by atoms with E-state index in [1.54, 1.807) is 17.7 Å². The number of ketones is 1. The third kappa shape index (κ3) is 2.83. The van der Waals surface area contributed by atoms with E-state index in [-0.39, 0.29) is 17.9 Å². The lowest BCUT2D eigenvalue weighted by Crippen LogP contribution is -2.26. The van der Waals surface area contributed by atoms with Crippen LogP contribution in [0.15, 0.2) is 47.3 Å². The average Bonchev–Trinajstić information content (AvgIpc) is 2.69. The van der Waals surface area contributed by atoms with Crippen LogP contribution in [0.3, 0.4) is 0 Å². The minimum absolute atomic E-state index is 0.0341. The van der Waals surface area contributed by atoms with Gasteiger partial charge in [-0.2, -0.15) is 0 Å². The number of benzene rings is 2. The van der Waals surface area contributed by atoms with Crippen LogP contribution in [0.4, 0.5) is 5.69 Å². The second-order valence-corrected chi connectivity index (χ2v) is 6.61. The fraction of sp³-hybridized carbons (Fsp3) is 0.238. The van der Waals surface area contributed by atoms with E-state index in [1.807, 2.05) is 36.4 Å². The van der Waals surface area contributed by atoms with Gasteiger partial charge in [-0.05, 0) is 23.3 Å². The number of anilines is 1. The first kappa shape index (κ1) is 17.5. The van der Waals surface area contributed by atoms with E-state index in [0.29, 0.717) is 30.8 Å². The Kier molecular flexibility index (Phi) is 4.51. The molecule has 0 fully saturated rings. The Balaban J connectivity index is 1.89. The van der Waals surface area contributed by atoms with Crippen LogP contribution in [0.2, 0.25) is 0 Å². The smallest absolute Gasteiger partial charge is 0.251 e. The zero-order valence-electron chi connectivity index (χ0n) is 15.1. The molecule has 1 aromatic heterocycles. The molecule has 0 amide bonds. The molecular weight excluding hydrogens is 342 g/mol. The van der Waals surface area contributed by atoms with Crippen LogP contribution in [-0.4, -0.2) is 41.7 Å². The minimum atomic E-state index is -0.0958. The molecule has 3 aromatic rings. The molecule has 1 aliphatic rings. The summed E-state index contributed by atoms with van der Waals surface area (Å²) < 4.78 is 1.58. The monoisotopic (exact) mass is 363 g/mol. The van der Waals surface area contributed by atoms with Crippen LogP contribution < -0.4 is 16.2 Å². The summed E-state index contributed by atoms with van der Waals surface area (Å²) in [6.07, 6.45) is 0. The second-order valence-electron chi connectivity index (χ2n) is 6.61. The van der Waals surface area contributed by atoms with Crippen LogP contribution in [-0.2, 0) is 7.05 Å². The first-order chi connectivity index (χ1) is 13.1. The van der Waals surface area contributed by atoms with Gasteiger partial charge < -0.3 is 20.3 Å². The van der Waals surface area contributed by atoms with Crippen LogP contribution >= 0.6 is 0 Å². The number of pyridine rings is 1. The van der Waals surface area contributed by atoms with E-state index in [1.165, 1.54) is 0 Å². The Morgan fingerprint density at radius 1 is 0.963 bits per heavy atom. The summed E-state index contributed by atoms with van der Waals surface area (Å²) in [5.41, 5.74) is 4.25. The number of hydrogen-bond donors (Lipinski definition) is 3. The predicted octanol–water partition coefficient (Wildman–Crippen LogP) is 1.74. The van der Waals surface area contributed by atoms with Gasteiger partial charge in [-0.25, -0.2) is 0 Å². The summed E-state index contributed by atoms with van der Waals surface area (Å²) in [5.74, 6) is -0.0341. The third-order valence-corrected chi connectivity index (χ3v) is 5.01. The van der Waals surface area contributed by atoms with E-state index >= 15 is 0 Å². The maximum absolute atomic E-state index is 13.3. The van der Waals surface area contributed by atoms with Crippen molar-refractivity contribution in [3.05, 3.63) is 63.9 Å². The van der Waals surface area contributed by atoms with Crippen LogP contribution in [0.1, 0.15) is 15.9 Å². The van der Waals surface area contributed by atoms with E-state index in [2.05, 4.69) is 10.6 Å². The molecule has 2 aromatic carbocycles. The van der Waals surface area contributed by atoms with E-state index in [9.17, 15) is 9.59 Å². The highest BCUT2D eigenvalue weighted by Crippen LogP contribution is 2.41. The van der Waals surface area contributed by atoms with Crippen molar-refractivity contribution in [2.45, 2.75) is 0 Å². The molecule has 4 rings (SSSR count). The SMILES string of the molecule is Cn1c(=O)cc2c3c(c(NCCNCCO)ccc31)C(=O)c1ccccc1-2. The summed E-state index contributed by atoms with van der Waals surface area (Å²) in [5, 5.41) is 16.1. The predicted molar refractivity (Wildman–Crippen MR) is 107 cm³/mol. The lowest BCUT2D eigenvalue weighted by molar-refractivity contribution is 0.104. The molecule has 3 N–H and O–H groups in total. The molecule has 0 spiro atoms. The van der Waals surface area contributed by atoms with Gasteiger partial charge in [0, 0.05) is 49.4 Å². The number of hydrogen-bond acceptors (Lipinski definition) is 5. The van der Waals surface area contributed by atoms with Gasteiger partial charge in [-0.15, -0.1) is 0 Å². The Bertz CT molecular complexity index is 1100. The standard InChI is InChI=1S/C21H21N3O3/c1-24-17-7-6-16(23-9-8-22-10-11-25)20-19(17)15(12-18(24)26)13-4-2-3-5-14(13)21(20)27/h2-7,12,22-23,25H,8-11H2,1H3. The first-order valence-electron chi connectivity index (χ1n) is 8.99. The van der Waals surface area contributed by atoms with Crippen molar-refractivity contribution in [2.24, 2.45) is 7.05 Å². The molecule has 1 heterocycles. The van der Waals surface area contributed by atoms with Gasteiger partial charge in [0.05, 0.1) is 17.7 Å². The molecule has 0 saturated heterocycles. The number of aryl methyl sites for hydroxylation is 1. The van der Waals surface area contributed by atoms with E-state index < -0.39 is 0 Å². The highest BCUT2D eigenvalue weighted by atomic mass is 16.3. The molecule has 0 saturated carbocycles. The number of fused-ring (bicyclic) bond motifs is 2. The van der Waals surface area contributed by atoms with Gasteiger partial charge in [-0.1, -0.05) is 24.3 Å². The molecule has 27 heavy (non-hydrogen) atoms. The quantitative estimate of drug-likeness (QED) is 0.455. The molecule has 0 aliphatic heterocycles. The molecule has 6 heteroatoms. The summed E-state index contributed by atoms with van der Waals surface area (Å²) in [6, 6.07) is 12.8. The zero-order valence-corrected chi connectivity index (χ0v) is 15.1. The number of aliphatic hydroxyl groups excluding tert-OH is 1.